The van der Waals surface area contributed by atoms with Gasteiger partial charge in [-0.25, -0.2) is 0 Å². The first-order chi connectivity index (χ1) is 7.98. The second-order valence-electron chi connectivity index (χ2n) is 5.19. The minimum absolute atomic E-state index is 0.105. The Labute approximate surface area is 104 Å². The van der Waals surface area contributed by atoms with Gasteiger partial charge in [0.2, 0.25) is 5.91 Å². The molecule has 1 aliphatic heterocycles. The van der Waals surface area contributed by atoms with Crippen LogP contribution in [0.5, 0.6) is 0 Å². The Bertz CT molecular complexity index is 270. The molecule has 2 N–H and O–H groups in total. The lowest BCUT2D eigenvalue weighted by Gasteiger charge is -2.40. The summed E-state index contributed by atoms with van der Waals surface area (Å²) in [5, 5.41) is 6.35. The molecular weight excluding hydrogens is 214 g/mol. The Morgan fingerprint density at radius 3 is 2.65 bits per heavy atom. The highest BCUT2D eigenvalue weighted by molar-refractivity contribution is 5.85. The van der Waals surface area contributed by atoms with E-state index >= 15 is 0 Å². The quantitative estimate of drug-likeness (QED) is 0.696. The first-order valence-electron chi connectivity index (χ1n) is 6.36. The summed E-state index contributed by atoms with van der Waals surface area (Å²) in [7, 11) is 0. The lowest BCUT2D eigenvalue weighted by Crippen LogP contribution is -2.60. The van der Waals surface area contributed by atoms with Crippen LogP contribution in [0.15, 0.2) is 12.7 Å². The zero-order valence-corrected chi connectivity index (χ0v) is 11.3. The van der Waals surface area contributed by atoms with Crippen molar-refractivity contribution >= 4 is 5.91 Å². The maximum Gasteiger partial charge on any atom is 0.240 e. The molecule has 0 aromatic carbocycles. The molecule has 0 radical (unpaired) electrons. The molecule has 4 nitrogen and oxygen atoms in total. The zero-order valence-electron chi connectivity index (χ0n) is 11.3. The molecule has 0 bridgehead atoms. The molecule has 4 heteroatoms. The van der Waals surface area contributed by atoms with E-state index in [9.17, 15) is 4.79 Å². The van der Waals surface area contributed by atoms with Crippen molar-refractivity contribution < 1.29 is 4.79 Å². The Hall–Kier alpha value is -0.870. The predicted octanol–water partition coefficient (Wildman–Crippen LogP) is 0.751. The molecule has 0 aromatic rings. The number of piperazine rings is 1. The number of carbonyl (C=O) groups is 1. The Balaban J connectivity index is 2.55. The molecule has 0 aliphatic carbocycles. The van der Waals surface area contributed by atoms with Crippen molar-refractivity contribution in [1.29, 1.82) is 0 Å². The van der Waals surface area contributed by atoms with E-state index in [0.29, 0.717) is 0 Å². The van der Waals surface area contributed by atoms with E-state index < -0.39 is 5.54 Å². The van der Waals surface area contributed by atoms with Gasteiger partial charge in [-0.3, -0.25) is 9.69 Å². The third-order valence-electron chi connectivity index (χ3n) is 3.36. The SMILES string of the molecule is C=CCC(C)NC(=O)C(C)(C)N1CCNCC1. The maximum atomic E-state index is 12.2. The van der Waals surface area contributed by atoms with Gasteiger partial charge in [0.05, 0.1) is 5.54 Å². The standard InChI is InChI=1S/C13H25N3O/c1-5-6-11(2)15-12(17)13(3,4)16-9-7-14-8-10-16/h5,11,14H,1,6-10H2,2-4H3,(H,15,17). The molecule has 1 saturated heterocycles. The van der Waals surface area contributed by atoms with Gasteiger partial charge in [-0.1, -0.05) is 6.08 Å². The van der Waals surface area contributed by atoms with Crippen LogP contribution < -0.4 is 10.6 Å². The summed E-state index contributed by atoms with van der Waals surface area (Å²) in [6.45, 7) is 13.5. The fourth-order valence-corrected chi connectivity index (χ4v) is 2.08. The Morgan fingerprint density at radius 2 is 2.12 bits per heavy atom. The minimum Gasteiger partial charge on any atom is -0.352 e. The number of hydrogen-bond acceptors (Lipinski definition) is 3. The first kappa shape index (κ1) is 14.2. The van der Waals surface area contributed by atoms with Crippen LogP contribution in [0.2, 0.25) is 0 Å². The third-order valence-corrected chi connectivity index (χ3v) is 3.36. The van der Waals surface area contributed by atoms with Gasteiger partial charge in [0.25, 0.3) is 0 Å². The molecule has 1 atom stereocenters. The number of nitrogens with one attached hydrogen (secondary N) is 2. The second-order valence-corrected chi connectivity index (χ2v) is 5.19. The average Bonchev–Trinajstić information content (AvgIpc) is 2.30. The maximum absolute atomic E-state index is 12.2. The minimum atomic E-state index is -0.433. The zero-order chi connectivity index (χ0) is 12.9. The highest BCUT2D eigenvalue weighted by Crippen LogP contribution is 2.15. The number of rotatable bonds is 5. The van der Waals surface area contributed by atoms with Gasteiger partial charge in [-0.05, 0) is 27.2 Å². The normalized spacial score (nSPS) is 19.7. The van der Waals surface area contributed by atoms with Gasteiger partial charge in [0.1, 0.15) is 0 Å². The van der Waals surface area contributed by atoms with E-state index in [1.807, 2.05) is 26.8 Å². The molecule has 1 rings (SSSR count). The van der Waals surface area contributed by atoms with E-state index in [0.717, 1.165) is 32.6 Å². The molecule has 0 saturated carbocycles. The van der Waals surface area contributed by atoms with Gasteiger partial charge in [0, 0.05) is 32.2 Å². The predicted molar refractivity (Wildman–Crippen MR) is 70.9 cm³/mol. The topological polar surface area (TPSA) is 44.4 Å². The Kier molecular flexibility index (Phi) is 5.15. The van der Waals surface area contributed by atoms with Gasteiger partial charge in [-0.2, -0.15) is 0 Å². The Morgan fingerprint density at radius 1 is 1.53 bits per heavy atom. The summed E-state index contributed by atoms with van der Waals surface area (Å²) < 4.78 is 0. The van der Waals surface area contributed by atoms with Crippen LogP contribution in [-0.4, -0.2) is 48.6 Å². The first-order valence-corrected chi connectivity index (χ1v) is 6.36. The summed E-state index contributed by atoms with van der Waals surface area (Å²) >= 11 is 0. The summed E-state index contributed by atoms with van der Waals surface area (Å²) in [5.74, 6) is 0.105. The van der Waals surface area contributed by atoms with Crippen molar-refractivity contribution in [3.8, 4) is 0 Å². The van der Waals surface area contributed by atoms with Crippen LogP contribution >= 0.6 is 0 Å². The highest BCUT2D eigenvalue weighted by Gasteiger charge is 2.35. The summed E-state index contributed by atoms with van der Waals surface area (Å²) in [4.78, 5) is 14.5. The summed E-state index contributed by atoms with van der Waals surface area (Å²) in [6.07, 6.45) is 2.64. The smallest absolute Gasteiger partial charge is 0.240 e. The second kappa shape index (κ2) is 6.17. The van der Waals surface area contributed by atoms with Crippen molar-refractivity contribution in [2.45, 2.75) is 38.8 Å². The van der Waals surface area contributed by atoms with Crippen LogP contribution in [0, 0.1) is 0 Å². The van der Waals surface area contributed by atoms with Crippen molar-refractivity contribution in [3.05, 3.63) is 12.7 Å². The number of hydrogen-bond donors (Lipinski definition) is 2. The van der Waals surface area contributed by atoms with Crippen LogP contribution in [0.25, 0.3) is 0 Å². The van der Waals surface area contributed by atoms with Crippen molar-refractivity contribution in [2.75, 3.05) is 26.2 Å². The summed E-state index contributed by atoms with van der Waals surface area (Å²) in [6, 6.07) is 0.155. The molecule has 17 heavy (non-hydrogen) atoms. The molecule has 1 aliphatic rings. The average molecular weight is 239 g/mol. The molecule has 0 spiro atoms. The van der Waals surface area contributed by atoms with E-state index in [2.05, 4.69) is 22.1 Å². The molecule has 1 fully saturated rings. The molecule has 1 heterocycles. The van der Waals surface area contributed by atoms with Gasteiger partial charge >= 0.3 is 0 Å². The fourth-order valence-electron chi connectivity index (χ4n) is 2.08. The third kappa shape index (κ3) is 3.82. The lowest BCUT2D eigenvalue weighted by molar-refractivity contribution is -0.132. The molecule has 1 unspecified atom stereocenters. The van der Waals surface area contributed by atoms with Crippen molar-refractivity contribution in [3.63, 3.8) is 0 Å². The van der Waals surface area contributed by atoms with Crippen LogP contribution in [0.4, 0.5) is 0 Å². The van der Waals surface area contributed by atoms with Crippen molar-refractivity contribution in [2.24, 2.45) is 0 Å². The number of nitrogens with zero attached hydrogens (tertiary/aromatic N) is 1. The van der Waals surface area contributed by atoms with Crippen LogP contribution in [0.1, 0.15) is 27.2 Å². The van der Waals surface area contributed by atoms with E-state index in [1.165, 1.54) is 0 Å². The highest BCUT2D eigenvalue weighted by atomic mass is 16.2. The van der Waals surface area contributed by atoms with E-state index in [4.69, 9.17) is 0 Å². The van der Waals surface area contributed by atoms with Crippen LogP contribution in [0.3, 0.4) is 0 Å². The number of amides is 1. The van der Waals surface area contributed by atoms with Crippen LogP contribution in [-0.2, 0) is 4.79 Å². The largest absolute Gasteiger partial charge is 0.352 e. The van der Waals surface area contributed by atoms with E-state index in [-0.39, 0.29) is 11.9 Å². The lowest BCUT2D eigenvalue weighted by atomic mass is 9.99. The van der Waals surface area contributed by atoms with E-state index in [1.54, 1.807) is 0 Å². The number of carbonyl (C=O) groups excluding carboxylic acids is 1. The fraction of sp³-hybridized carbons (Fsp3) is 0.769. The molecular formula is C13H25N3O. The molecule has 1 amide bonds. The monoisotopic (exact) mass is 239 g/mol. The van der Waals surface area contributed by atoms with Crippen molar-refractivity contribution in [1.82, 2.24) is 15.5 Å². The molecule has 98 valence electrons. The van der Waals surface area contributed by atoms with Gasteiger partial charge < -0.3 is 10.6 Å². The van der Waals surface area contributed by atoms with Gasteiger partial charge in [0.15, 0.2) is 0 Å². The van der Waals surface area contributed by atoms with Gasteiger partial charge in [-0.15, -0.1) is 6.58 Å². The summed E-state index contributed by atoms with van der Waals surface area (Å²) in [5.41, 5.74) is -0.433. The molecule has 0 aromatic heterocycles.